The zero-order valence-electron chi connectivity index (χ0n) is 8.88. The third-order valence-electron chi connectivity index (χ3n) is 1.90. The molecule has 1 aromatic heterocycles. The van der Waals surface area contributed by atoms with Gasteiger partial charge >= 0.3 is 0 Å². The van der Waals surface area contributed by atoms with Crippen molar-refractivity contribution in [2.45, 2.75) is 13.8 Å². The number of nitrogens with two attached hydrogens (primary N) is 3. The Balaban J connectivity index is 2.98. The number of pyridine rings is 1. The van der Waals surface area contributed by atoms with Gasteiger partial charge in [0.2, 0.25) is 0 Å². The summed E-state index contributed by atoms with van der Waals surface area (Å²) in [7, 11) is 0. The summed E-state index contributed by atoms with van der Waals surface area (Å²) in [6, 6.07) is 5.20. The quantitative estimate of drug-likeness (QED) is 0.280. The fourth-order valence-electron chi connectivity index (χ4n) is 1.18. The Kier molecular flexibility index (Phi) is 3.46. The predicted molar refractivity (Wildman–Crippen MR) is 61.8 cm³/mol. The van der Waals surface area contributed by atoms with Crippen LogP contribution in [0.4, 0.5) is 11.6 Å². The first-order valence-electron chi connectivity index (χ1n) is 4.61. The summed E-state index contributed by atoms with van der Waals surface area (Å²) < 4.78 is 0. The van der Waals surface area contributed by atoms with Crippen LogP contribution in [-0.4, -0.2) is 10.8 Å². The number of amidine groups is 1. The molecule has 0 atom stereocenters. The third kappa shape index (κ3) is 2.57. The Bertz CT molecular complexity index is 359. The predicted octanol–water partition coefficient (Wildman–Crippen LogP) is 0.272. The van der Waals surface area contributed by atoms with E-state index in [1.807, 2.05) is 13.8 Å². The van der Waals surface area contributed by atoms with Crippen molar-refractivity contribution in [3.8, 4) is 0 Å². The lowest BCUT2D eigenvalue weighted by Crippen LogP contribution is -2.41. The third-order valence-corrected chi connectivity index (χ3v) is 1.90. The molecule has 1 aromatic rings. The number of rotatable bonds is 2. The van der Waals surface area contributed by atoms with E-state index < -0.39 is 0 Å². The molecule has 0 saturated carbocycles. The van der Waals surface area contributed by atoms with Gasteiger partial charge in [-0.15, -0.1) is 0 Å². The van der Waals surface area contributed by atoms with Crippen molar-refractivity contribution in [2.24, 2.45) is 22.7 Å². The molecule has 0 saturated heterocycles. The molecule has 6 nitrogen and oxygen atoms in total. The molecule has 0 aromatic carbocycles. The van der Waals surface area contributed by atoms with E-state index in [9.17, 15) is 0 Å². The molecular weight excluding hydrogens is 192 g/mol. The van der Waals surface area contributed by atoms with Crippen LogP contribution in [0.1, 0.15) is 13.8 Å². The molecule has 6 heteroatoms. The van der Waals surface area contributed by atoms with Crippen LogP contribution in [0.3, 0.4) is 0 Å². The second-order valence-electron chi connectivity index (χ2n) is 3.43. The molecule has 0 aliphatic carbocycles. The van der Waals surface area contributed by atoms with Crippen LogP contribution in [0.15, 0.2) is 23.3 Å². The van der Waals surface area contributed by atoms with Gasteiger partial charge in [0, 0.05) is 5.92 Å². The molecule has 0 unspecified atom stereocenters. The highest BCUT2D eigenvalue weighted by atomic mass is 15.5. The van der Waals surface area contributed by atoms with Gasteiger partial charge in [-0.25, -0.2) is 15.8 Å². The molecule has 0 fully saturated rings. The number of aromatic nitrogens is 1. The van der Waals surface area contributed by atoms with E-state index in [-0.39, 0.29) is 5.92 Å². The molecular formula is C9H16N6. The van der Waals surface area contributed by atoms with Crippen LogP contribution < -0.4 is 22.4 Å². The van der Waals surface area contributed by atoms with Crippen LogP contribution in [-0.2, 0) is 0 Å². The van der Waals surface area contributed by atoms with Crippen LogP contribution in [0.5, 0.6) is 0 Å². The molecule has 15 heavy (non-hydrogen) atoms. The smallest absolute Gasteiger partial charge is 0.150 e. The first-order valence-corrected chi connectivity index (χ1v) is 4.61. The maximum absolute atomic E-state index is 5.82. The minimum absolute atomic E-state index is 0.114. The average molecular weight is 208 g/mol. The van der Waals surface area contributed by atoms with Gasteiger partial charge in [0.05, 0.1) is 0 Å². The van der Waals surface area contributed by atoms with Crippen LogP contribution in [0.25, 0.3) is 0 Å². The summed E-state index contributed by atoms with van der Waals surface area (Å²) in [4.78, 5) is 4.07. The number of hydrogen-bond donors (Lipinski definition) is 3. The largest absolute Gasteiger partial charge is 0.384 e. The number of hydrogen-bond acceptors (Lipinski definition) is 5. The summed E-state index contributed by atoms with van der Waals surface area (Å²) in [5.74, 6) is 12.7. The van der Waals surface area contributed by atoms with Gasteiger partial charge in [0.15, 0.2) is 5.82 Å². The van der Waals surface area contributed by atoms with E-state index in [0.717, 1.165) is 0 Å². The van der Waals surface area contributed by atoms with Crippen molar-refractivity contribution in [2.75, 3.05) is 10.7 Å². The lowest BCUT2D eigenvalue weighted by atomic mass is 10.2. The summed E-state index contributed by atoms with van der Waals surface area (Å²) in [6.07, 6.45) is 0. The molecule has 0 aliphatic rings. The fraction of sp³-hybridized carbons (Fsp3) is 0.333. The Labute approximate surface area is 88.7 Å². The molecule has 0 radical (unpaired) electrons. The van der Waals surface area contributed by atoms with Crippen molar-refractivity contribution < 1.29 is 0 Å². The number of hydrazine groups is 1. The van der Waals surface area contributed by atoms with E-state index in [1.165, 1.54) is 5.01 Å². The maximum Gasteiger partial charge on any atom is 0.150 e. The summed E-state index contributed by atoms with van der Waals surface area (Å²) >= 11 is 0. The lowest BCUT2D eigenvalue weighted by molar-refractivity contribution is 0.831. The molecule has 0 bridgehead atoms. The maximum atomic E-state index is 5.82. The molecule has 0 aliphatic heterocycles. The Hall–Kier alpha value is -1.82. The number of hydrazone groups is 1. The Morgan fingerprint density at radius 1 is 1.47 bits per heavy atom. The first-order chi connectivity index (χ1) is 7.06. The van der Waals surface area contributed by atoms with Gasteiger partial charge < -0.3 is 11.6 Å². The minimum Gasteiger partial charge on any atom is -0.384 e. The Morgan fingerprint density at radius 3 is 2.60 bits per heavy atom. The molecule has 82 valence electrons. The van der Waals surface area contributed by atoms with Gasteiger partial charge in [-0.05, 0) is 12.1 Å². The second kappa shape index (κ2) is 4.61. The topological polar surface area (TPSA) is 107 Å². The number of nitrogens with zero attached hydrogens (tertiary/aromatic N) is 3. The van der Waals surface area contributed by atoms with Crippen LogP contribution >= 0.6 is 0 Å². The summed E-state index contributed by atoms with van der Waals surface area (Å²) in [6.45, 7) is 3.88. The first kappa shape index (κ1) is 11.3. The van der Waals surface area contributed by atoms with Gasteiger partial charge in [-0.2, -0.15) is 5.10 Å². The van der Waals surface area contributed by atoms with Crippen molar-refractivity contribution in [3.63, 3.8) is 0 Å². The zero-order valence-corrected chi connectivity index (χ0v) is 8.88. The van der Waals surface area contributed by atoms with Gasteiger partial charge in [-0.3, -0.25) is 0 Å². The Morgan fingerprint density at radius 2 is 2.13 bits per heavy atom. The van der Waals surface area contributed by atoms with E-state index in [4.69, 9.17) is 17.4 Å². The van der Waals surface area contributed by atoms with Crippen molar-refractivity contribution >= 4 is 17.5 Å². The monoisotopic (exact) mass is 208 g/mol. The SMILES string of the molecule is CC(C)/C(=N/N)N(N)c1cccc(N)n1. The molecule has 1 rings (SSSR count). The average Bonchev–Trinajstić information content (AvgIpc) is 2.18. The summed E-state index contributed by atoms with van der Waals surface area (Å²) in [5, 5.41) is 4.96. The molecule has 0 spiro atoms. The van der Waals surface area contributed by atoms with E-state index in [0.29, 0.717) is 17.5 Å². The summed E-state index contributed by atoms with van der Waals surface area (Å²) in [5.41, 5.74) is 5.55. The fourth-order valence-corrected chi connectivity index (χ4v) is 1.18. The highest BCUT2D eigenvalue weighted by molar-refractivity contribution is 5.97. The van der Waals surface area contributed by atoms with Crippen molar-refractivity contribution in [1.29, 1.82) is 0 Å². The van der Waals surface area contributed by atoms with Gasteiger partial charge in [-0.1, -0.05) is 19.9 Å². The van der Waals surface area contributed by atoms with Gasteiger partial charge in [0.1, 0.15) is 11.7 Å². The van der Waals surface area contributed by atoms with Crippen LogP contribution in [0, 0.1) is 5.92 Å². The molecule has 1 heterocycles. The number of anilines is 2. The molecule has 0 amide bonds. The van der Waals surface area contributed by atoms with Crippen molar-refractivity contribution in [3.05, 3.63) is 18.2 Å². The van der Waals surface area contributed by atoms with Gasteiger partial charge in [0.25, 0.3) is 0 Å². The van der Waals surface area contributed by atoms with E-state index in [1.54, 1.807) is 18.2 Å². The van der Waals surface area contributed by atoms with Crippen molar-refractivity contribution in [1.82, 2.24) is 4.98 Å². The zero-order chi connectivity index (χ0) is 11.4. The van der Waals surface area contributed by atoms with E-state index >= 15 is 0 Å². The lowest BCUT2D eigenvalue weighted by Gasteiger charge is -2.21. The second-order valence-corrected chi connectivity index (χ2v) is 3.43. The highest BCUT2D eigenvalue weighted by Gasteiger charge is 2.14. The molecule has 6 N–H and O–H groups in total. The number of nitrogen functional groups attached to an aromatic ring is 1. The highest BCUT2D eigenvalue weighted by Crippen LogP contribution is 2.12. The van der Waals surface area contributed by atoms with E-state index in [2.05, 4.69) is 10.1 Å². The minimum atomic E-state index is 0.114. The standard InChI is InChI=1S/C9H16N6/c1-6(2)9(14-11)15(12)8-5-3-4-7(10)13-8/h3-6H,11-12H2,1-2H3,(H2,10,13)/b14-9-. The normalized spacial score (nSPS) is 11.9. The van der Waals surface area contributed by atoms with Crippen LogP contribution in [0.2, 0.25) is 0 Å².